The predicted molar refractivity (Wildman–Crippen MR) is 145 cm³/mol. The summed E-state index contributed by atoms with van der Waals surface area (Å²) >= 11 is 0. The number of nitrogens with zero attached hydrogens (tertiary/aromatic N) is 2. The first-order valence-corrected chi connectivity index (χ1v) is 13.0. The van der Waals surface area contributed by atoms with Crippen molar-refractivity contribution in [1.29, 1.82) is 0 Å². The Morgan fingerprint density at radius 2 is 1.97 bits per heavy atom. The molecule has 3 aromatic rings. The van der Waals surface area contributed by atoms with Crippen LogP contribution >= 0.6 is 0 Å². The Bertz CT molecular complexity index is 1260. The van der Waals surface area contributed by atoms with Crippen LogP contribution in [-0.2, 0) is 4.79 Å². The molecule has 1 fully saturated rings. The lowest BCUT2D eigenvalue weighted by molar-refractivity contribution is -0.137. The number of piperidine rings is 1. The van der Waals surface area contributed by atoms with E-state index in [2.05, 4.69) is 40.8 Å². The van der Waals surface area contributed by atoms with Gasteiger partial charge < -0.3 is 14.9 Å². The topological polar surface area (TPSA) is 82.9 Å². The van der Waals surface area contributed by atoms with E-state index in [1.165, 1.54) is 5.56 Å². The molecule has 37 heavy (non-hydrogen) atoms. The highest BCUT2D eigenvalue weighted by Gasteiger charge is 2.29. The van der Waals surface area contributed by atoms with E-state index in [9.17, 15) is 15.0 Å². The van der Waals surface area contributed by atoms with Crippen molar-refractivity contribution in [3.63, 3.8) is 0 Å². The van der Waals surface area contributed by atoms with E-state index in [-0.39, 0.29) is 12.3 Å². The second-order valence-electron chi connectivity index (χ2n) is 10.0. The summed E-state index contributed by atoms with van der Waals surface area (Å²) in [5, 5.41) is 21.3. The monoisotopic (exact) mass is 500 g/mol. The van der Waals surface area contributed by atoms with Gasteiger partial charge in [-0.15, -0.1) is 0 Å². The van der Waals surface area contributed by atoms with Gasteiger partial charge in [0.2, 0.25) is 0 Å². The third-order valence-electron chi connectivity index (χ3n) is 7.44. The lowest BCUT2D eigenvalue weighted by Crippen LogP contribution is -2.41. The molecule has 1 aliphatic rings. The molecule has 0 amide bonds. The zero-order chi connectivity index (χ0) is 26.2. The average Bonchev–Trinajstić information content (AvgIpc) is 2.91. The highest BCUT2D eigenvalue weighted by molar-refractivity contribution is 5.83. The summed E-state index contributed by atoms with van der Waals surface area (Å²) in [6.07, 6.45) is 4.39. The van der Waals surface area contributed by atoms with Crippen molar-refractivity contribution in [2.24, 2.45) is 11.8 Å². The Labute approximate surface area is 219 Å². The number of carbonyl (C=O) groups is 1. The van der Waals surface area contributed by atoms with E-state index >= 15 is 0 Å². The number of benzene rings is 2. The molecule has 1 aliphatic heterocycles. The fraction of sp³-hybridized carbons (Fsp3) is 0.419. The number of carboxylic acid groups (broad SMARTS) is 1. The van der Waals surface area contributed by atoms with Crippen LogP contribution in [0.1, 0.15) is 54.9 Å². The molecular weight excluding hydrogens is 464 g/mol. The molecule has 2 aromatic carbocycles. The summed E-state index contributed by atoms with van der Waals surface area (Å²) in [6.45, 7) is 4.51. The zero-order valence-electron chi connectivity index (χ0n) is 21.7. The van der Waals surface area contributed by atoms with Gasteiger partial charge in [0.1, 0.15) is 5.75 Å². The minimum Gasteiger partial charge on any atom is -0.497 e. The number of fused-ring (bicyclic) bond motifs is 1. The summed E-state index contributed by atoms with van der Waals surface area (Å²) < 4.78 is 5.37. The Morgan fingerprint density at radius 3 is 2.73 bits per heavy atom. The highest BCUT2D eigenvalue weighted by Crippen LogP contribution is 2.35. The molecule has 1 aromatic heterocycles. The molecule has 0 saturated carbocycles. The SMILES string of the molecule is COc1ccc2nccc([C@H](O)CC[C@@H]3CCN(CC#Cc4ccc(C)cc4)C[C@H]3CCC(=O)O)c2c1. The number of likely N-dealkylation sites (tertiary alicyclic amines) is 1. The van der Waals surface area contributed by atoms with Gasteiger partial charge in [0.25, 0.3) is 0 Å². The minimum absolute atomic E-state index is 0.168. The summed E-state index contributed by atoms with van der Waals surface area (Å²) in [7, 11) is 1.63. The number of methoxy groups -OCH3 is 1. The van der Waals surface area contributed by atoms with Crippen LogP contribution in [0.15, 0.2) is 54.7 Å². The summed E-state index contributed by atoms with van der Waals surface area (Å²) in [5.41, 5.74) is 3.92. The van der Waals surface area contributed by atoms with Crippen LogP contribution in [-0.4, -0.2) is 52.8 Å². The fourth-order valence-corrected chi connectivity index (χ4v) is 5.30. The molecule has 0 bridgehead atoms. The summed E-state index contributed by atoms with van der Waals surface area (Å²) in [5.74, 6) is 7.16. The largest absolute Gasteiger partial charge is 0.497 e. The third-order valence-corrected chi connectivity index (χ3v) is 7.44. The number of hydrogen-bond donors (Lipinski definition) is 2. The quantitative estimate of drug-likeness (QED) is 0.392. The van der Waals surface area contributed by atoms with E-state index in [0.717, 1.165) is 53.7 Å². The van der Waals surface area contributed by atoms with Gasteiger partial charge in [-0.2, -0.15) is 0 Å². The van der Waals surface area contributed by atoms with Crippen LogP contribution < -0.4 is 4.74 Å². The second kappa shape index (κ2) is 12.7. The van der Waals surface area contributed by atoms with Crippen molar-refractivity contribution in [3.8, 4) is 17.6 Å². The van der Waals surface area contributed by atoms with Crippen LogP contribution in [0.3, 0.4) is 0 Å². The molecule has 0 unspecified atom stereocenters. The van der Waals surface area contributed by atoms with E-state index in [1.807, 2.05) is 36.4 Å². The van der Waals surface area contributed by atoms with Crippen molar-refractivity contribution in [2.75, 3.05) is 26.7 Å². The Kier molecular flexibility index (Phi) is 9.16. The molecule has 1 saturated heterocycles. The second-order valence-corrected chi connectivity index (χ2v) is 10.0. The first-order valence-electron chi connectivity index (χ1n) is 13.0. The van der Waals surface area contributed by atoms with Gasteiger partial charge in [-0.1, -0.05) is 29.5 Å². The van der Waals surface area contributed by atoms with E-state index in [0.29, 0.717) is 25.3 Å². The smallest absolute Gasteiger partial charge is 0.303 e. The van der Waals surface area contributed by atoms with Crippen LogP contribution in [0.25, 0.3) is 10.9 Å². The van der Waals surface area contributed by atoms with Crippen LogP contribution in [0, 0.1) is 30.6 Å². The minimum atomic E-state index is -0.757. The molecule has 3 atom stereocenters. The zero-order valence-corrected chi connectivity index (χ0v) is 21.7. The number of hydrogen-bond acceptors (Lipinski definition) is 5. The molecule has 6 nitrogen and oxygen atoms in total. The van der Waals surface area contributed by atoms with Gasteiger partial charge in [0.15, 0.2) is 0 Å². The highest BCUT2D eigenvalue weighted by atomic mass is 16.5. The van der Waals surface area contributed by atoms with Crippen molar-refractivity contribution < 1.29 is 19.7 Å². The molecule has 6 heteroatoms. The number of aromatic nitrogens is 1. The van der Waals surface area contributed by atoms with Crippen molar-refractivity contribution in [2.45, 2.75) is 45.1 Å². The van der Waals surface area contributed by atoms with E-state index in [4.69, 9.17) is 4.74 Å². The van der Waals surface area contributed by atoms with Gasteiger partial charge >= 0.3 is 5.97 Å². The number of ether oxygens (including phenoxy) is 1. The van der Waals surface area contributed by atoms with Crippen molar-refractivity contribution in [3.05, 3.63) is 71.4 Å². The Morgan fingerprint density at radius 1 is 1.16 bits per heavy atom. The number of rotatable bonds is 9. The molecule has 0 radical (unpaired) electrons. The number of aliphatic carboxylic acids is 1. The van der Waals surface area contributed by atoms with Crippen molar-refractivity contribution in [1.82, 2.24) is 9.88 Å². The van der Waals surface area contributed by atoms with Gasteiger partial charge in [-0.05, 0) is 92.9 Å². The predicted octanol–water partition coefficient (Wildman–Crippen LogP) is 5.22. The Balaban J connectivity index is 1.39. The molecule has 2 N–H and O–H groups in total. The van der Waals surface area contributed by atoms with Crippen LogP contribution in [0.5, 0.6) is 5.75 Å². The van der Waals surface area contributed by atoms with Gasteiger partial charge in [0, 0.05) is 30.1 Å². The first kappa shape index (κ1) is 26.7. The number of aliphatic hydroxyl groups excluding tert-OH is 1. The molecule has 4 rings (SSSR count). The van der Waals surface area contributed by atoms with Gasteiger partial charge in [-0.3, -0.25) is 14.7 Å². The molecule has 2 heterocycles. The number of carboxylic acids is 1. The van der Waals surface area contributed by atoms with Gasteiger partial charge in [-0.25, -0.2) is 0 Å². The maximum Gasteiger partial charge on any atom is 0.303 e. The maximum atomic E-state index is 11.3. The lowest BCUT2D eigenvalue weighted by Gasteiger charge is -2.38. The molecule has 0 aliphatic carbocycles. The average molecular weight is 501 g/mol. The third kappa shape index (κ3) is 7.31. The standard InChI is InChI=1S/C31H36N2O4/c1-22-5-7-23(8-6-22)4-3-18-33-19-16-24(25(21-33)10-14-31(35)36)9-13-30(34)27-15-17-32-29-12-11-26(37-2)20-28(27)29/h5-8,11-12,15,17,20,24-25,30,34H,9-10,13-14,16,18-19,21H2,1-2H3,(H,35,36)/t24-,25-,30-/m1/s1. The summed E-state index contributed by atoms with van der Waals surface area (Å²) in [6, 6.07) is 15.8. The molecule has 194 valence electrons. The van der Waals surface area contributed by atoms with Crippen LogP contribution in [0.2, 0.25) is 0 Å². The first-order chi connectivity index (χ1) is 17.9. The summed E-state index contributed by atoms with van der Waals surface area (Å²) in [4.78, 5) is 18.1. The Hall–Kier alpha value is -3.40. The van der Waals surface area contributed by atoms with Crippen LogP contribution in [0.4, 0.5) is 0 Å². The number of aliphatic hydroxyl groups is 1. The normalized spacial score (nSPS) is 18.7. The molecule has 0 spiro atoms. The number of aryl methyl sites for hydroxylation is 1. The molecular formula is C31H36N2O4. The maximum absolute atomic E-state index is 11.3. The van der Waals surface area contributed by atoms with Gasteiger partial charge in [0.05, 0.1) is 25.3 Å². The lowest BCUT2D eigenvalue weighted by atomic mass is 9.79. The van der Waals surface area contributed by atoms with E-state index in [1.54, 1.807) is 13.3 Å². The van der Waals surface area contributed by atoms with E-state index < -0.39 is 12.1 Å². The van der Waals surface area contributed by atoms with Crippen molar-refractivity contribution >= 4 is 16.9 Å². The number of pyridine rings is 1. The fourth-order valence-electron chi connectivity index (χ4n) is 5.30.